The van der Waals surface area contributed by atoms with Crippen LogP contribution in [0.2, 0.25) is 0 Å². The van der Waals surface area contributed by atoms with Gasteiger partial charge < -0.3 is 18.9 Å². The van der Waals surface area contributed by atoms with Gasteiger partial charge in [0.1, 0.15) is 25.9 Å². The lowest BCUT2D eigenvalue weighted by Crippen LogP contribution is -2.26. The topological polar surface area (TPSA) is 88.1 Å². The van der Waals surface area contributed by atoms with Gasteiger partial charge in [0.2, 0.25) is 0 Å². The lowest BCUT2D eigenvalue weighted by Gasteiger charge is -2.17. The molecule has 13 heteroatoms. The summed E-state index contributed by atoms with van der Waals surface area (Å²) in [5.74, 6) is -1.88. The summed E-state index contributed by atoms with van der Waals surface area (Å²) in [5, 5.41) is 0. The maximum Gasteiger partial charge on any atom is 0.508 e. The summed E-state index contributed by atoms with van der Waals surface area (Å²) in [6.45, 7) is -0.940. The van der Waals surface area contributed by atoms with E-state index in [0.29, 0.717) is 5.56 Å². The van der Waals surface area contributed by atoms with Crippen molar-refractivity contribution in [2.24, 2.45) is 0 Å². The van der Waals surface area contributed by atoms with Crippen LogP contribution in [-0.2, 0) is 60.7 Å². The van der Waals surface area contributed by atoms with Crippen molar-refractivity contribution in [1.29, 1.82) is 0 Å². The Morgan fingerprint density at radius 3 is 1.33 bits per heavy atom. The van der Waals surface area contributed by atoms with Crippen LogP contribution in [-0.4, -0.2) is 24.2 Å². The molecule has 7 nitrogen and oxygen atoms in total. The molecule has 0 unspecified atom stereocenters. The van der Waals surface area contributed by atoms with Crippen LogP contribution >= 0.6 is 0 Å². The molecule has 0 aliphatic carbocycles. The average molecular weight is 598 g/mol. The van der Waals surface area contributed by atoms with Gasteiger partial charge in [0.15, 0.2) is 0 Å². The van der Waals surface area contributed by atoms with E-state index in [1.807, 2.05) is 0 Å². The van der Waals surface area contributed by atoms with Gasteiger partial charge in [-0.1, -0.05) is 54.6 Å². The monoisotopic (exact) mass is 598 g/mol. The van der Waals surface area contributed by atoms with E-state index < -0.39 is 60.5 Å². The van der Waals surface area contributed by atoms with Gasteiger partial charge in [0.05, 0.1) is 24.0 Å². The van der Waals surface area contributed by atoms with E-state index in [1.54, 1.807) is 30.3 Å². The fraction of sp³-hybridized carbons (Fsp3) is 0.276. The molecule has 42 heavy (non-hydrogen) atoms. The molecule has 0 spiro atoms. The third-order valence-electron chi connectivity index (χ3n) is 5.61. The Bertz CT molecular complexity index is 1250. The molecule has 0 fully saturated rings. The summed E-state index contributed by atoms with van der Waals surface area (Å²) in [6.07, 6.45) is -12.9. The van der Waals surface area contributed by atoms with Gasteiger partial charge in [0.25, 0.3) is 0 Å². The van der Waals surface area contributed by atoms with Gasteiger partial charge in [-0.15, -0.1) is 0 Å². The molecule has 0 saturated heterocycles. The van der Waals surface area contributed by atoms with Crippen molar-refractivity contribution in [3.63, 3.8) is 0 Å². The van der Waals surface area contributed by atoms with Crippen molar-refractivity contribution in [3.05, 3.63) is 107 Å². The Labute approximate surface area is 235 Å². The molecular weight excluding hydrogens is 574 g/mol. The number of benzene rings is 3. The Morgan fingerprint density at radius 1 is 0.548 bits per heavy atom. The first-order chi connectivity index (χ1) is 19.8. The fourth-order valence-corrected chi connectivity index (χ4v) is 3.44. The summed E-state index contributed by atoms with van der Waals surface area (Å²) < 4.78 is 96.6. The van der Waals surface area contributed by atoms with Gasteiger partial charge in [-0.2, -0.15) is 26.3 Å². The lowest BCUT2D eigenvalue weighted by molar-refractivity contribution is -0.151. The SMILES string of the molecule is O=C(CC(CC(=O)OCc1ccc(C(F)(F)F)cc1)OC(=O)OCc1ccccc1)OCc1ccc(C(F)(F)F)cc1. The highest BCUT2D eigenvalue weighted by Crippen LogP contribution is 2.30. The summed E-state index contributed by atoms with van der Waals surface area (Å²) in [7, 11) is 0. The summed E-state index contributed by atoms with van der Waals surface area (Å²) >= 11 is 0. The van der Waals surface area contributed by atoms with E-state index in [4.69, 9.17) is 18.9 Å². The maximum absolute atomic E-state index is 12.7. The van der Waals surface area contributed by atoms with E-state index in [1.165, 1.54) is 0 Å². The van der Waals surface area contributed by atoms with E-state index in [-0.39, 0.29) is 30.9 Å². The molecule has 0 aliphatic rings. The second kappa shape index (κ2) is 14.4. The molecule has 0 radical (unpaired) electrons. The Balaban J connectivity index is 1.57. The minimum absolute atomic E-state index is 0.164. The maximum atomic E-state index is 12.7. The van der Waals surface area contributed by atoms with Gasteiger partial charge in [-0.3, -0.25) is 9.59 Å². The van der Waals surface area contributed by atoms with E-state index >= 15 is 0 Å². The minimum atomic E-state index is -4.53. The van der Waals surface area contributed by atoms with Gasteiger partial charge in [-0.05, 0) is 41.0 Å². The van der Waals surface area contributed by atoms with Gasteiger partial charge >= 0.3 is 30.4 Å². The smallest absolute Gasteiger partial charge is 0.461 e. The molecule has 0 heterocycles. The molecule has 224 valence electrons. The van der Waals surface area contributed by atoms with Crippen molar-refractivity contribution in [2.45, 2.75) is 51.1 Å². The van der Waals surface area contributed by atoms with Crippen LogP contribution in [0.15, 0.2) is 78.9 Å². The number of carbonyl (C=O) groups excluding carboxylic acids is 3. The summed E-state index contributed by atoms with van der Waals surface area (Å²) in [4.78, 5) is 37.1. The molecule has 0 aliphatic heterocycles. The van der Waals surface area contributed by atoms with Crippen LogP contribution < -0.4 is 0 Å². The normalized spacial score (nSPS) is 11.6. The zero-order valence-corrected chi connectivity index (χ0v) is 21.7. The number of halogens is 6. The predicted molar refractivity (Wildman–Crippen MR) is 133 cm³/mol. The number of alkyl halides is 6. The van der Waals surface area contributed by atoms with E-state index in [0.717, 1.165) is 48.5 Å². The first-order valence-corrected chi connectivity index (χ1v) is 12.3. The van der Waals surface area contributed by atoms with Crippen LogP contribution in [0.1, 0.15) is 40.7 Å². The Kier molecular flexibility index (Phi) is 10.9. The molecular formula is C29H24F6O7. The highest BCUT2D eigenvalue weighted by Gasteiger charge is 2.31. The predicted octanol–water partition coefficient (Wildman–Crippen LogP) is 7.01. The van der Waals surface area contributed by atoms with Gasteiger partial charge in [-0.25, -0.2) is 4.79 Å². The van der Waals surface area contributed by atoms with Crippen molar-refractivity contribution >= 4 is 18.1 Å². The highest BCUT2D eigenvalue weighted by molar-refractivity contribution is 5.74. The van der Waals surface area contributed by atoms with Crippen LogP contribution in [0.5, 0.6) is 0 Å². The first kappa shape index (κ1) is 32.0. The number of rotatable bonds is 11. The first-order valence-electron chi connectivity index (χ1n) is 12.3. The fourth-order valence-electron chi connectivity index (χ4n) is 3.44. The molecule has 0 saturated carbocycles. The average Bonchev–Trinajstić information content (AvgIpc) is 2.94. The van der Waals surface area contributed by atoms with Crippen molar-refractivity contribution in [2.75, 3.05) is 0 Å². The van der Waals surface area contributed by atoms with Crippen LogP contribution in [0.25, 0.3) is 0 Å². The van der Waals surface area contributed by atoms with Crippen molar-refractivity contribution in [3.8, 4) is 0 Å². The zero-order chi connectivity index (χ0) is 30.8. The highest BCUT2D eigenvalue weighted by atomic mass is 19.4. The van der Waals surface area contributed by atoms with E-state index in [2.05, 4.69) is 0 Å². The van der Waals surface area contributed by atoms with Crippen molar-refractivity contribution in [1.82, 2.24) is 0 Å². The molecule has 0 bridgehead atoms. The van der Waals surface area contributed by atoms with Crippen LogP contribution in [0.4, 0.5) is 31.1 Å². The Hall–Kier alpha value is -4.55. The quantitative estimate of drug-likeness (QED) is 0.133. The molecule has 0 atom stereocenters. The molecule has 3 aromatic carbocycles. The number of hydrogen-bond acceptors (Lipinski definition) is 7. The zero-order valence-electron chi connectivity index (χ0n) is 21.7. The second-order valence-electron chi connectivity index (χ2n) is 8.88. The van der Waals surface area contributed by atoms with Crippen molar-refractivity contribution < 1.29 is 59.7 Å². The molecule has 0 amide bonds. The minimum Gasteiger partial charge on any atom is -0.461 e. The lowest BCUT2D eigenvalue weighted by atomic mass is 10.1. The number of esters is 2. The molecule has 0 N–H and O–H groups in total. The van der Waals surface area contributed by atoms with Gasteiger partial charge in [0, 0.05) is 0 Å². The largest absolute Gasteiger partial charge is 0.508 e. The molecule has 0 aromatic heterocycles. The van der Waals surface area contributed by atoms with E-state index in [9.17, 15) is 40.7 Å². The number of hydrogen-bond donors (Lipinski definition) is 0. The van der Waals surface area contributed by atoms with Crippen LogP contribution in [0.3, 0.4) is 0 Å². The third kappa shape index (κ3) is 10.8. The second-order valence-corrected chi connectivity index (χ2v) is 8.88. The molecule has 3 rings (SSSR count). The summed E-state index contributed by atoms with van der Waals surface area (Å²) in [5.41, 5.74) is -0.610. The Morgan fingerprint density at radius 2 is 0.929 bits per heavy atom. The number of carbonyl (C=O) groups is 3. The molecule has 3 aromatic rings. The van der Waals surface area contributed by atoms with Crippen LogP contribution in [0, 0.1) is 0 Å². The number of ether oxygens (including phenoxy) is 4. The summed E-state index contributed by atoms with van der Waals surface area (Å²) in [6, 6.07) is 16.4. The third-order valence-corrected chi connectivity index (χ3v) is 5.61. The standard InChI is InChI=1S/C29H24F6O7/c30-28(31,32)22-10-6-20(7-11-22)16-39-25(36)14-24(42-27(38)41-18-19-4-2-1-3-5-19)15-26(37)40-17-21-8-12-23(13-9-21)29(33,34)35/h1-13,24H,14-18H2.